The molecular formula is C33H38N2O6. The molecule has 0 fully saturated rings. The van der Waals surface area contributed by atoms with Gasteiger partial charge in [-0.05, 0) is 66.3 Å². The molecule has 0 radical (unpaired) electrons. The number of ether oxygens (including phenoxy) is 2. The number of hydrogen-bond acceptors (Lipinski definition) is 6. The topological polar surface area (TPSA) is 114 Å². The van der Waals surface area contributed by atoms with E-state index in [2.05, 4.69) is 10.6 Å². The Kier molecular flexibility index (Phi) is 12.0. The highest BCUT2D eigenvalue weighted by Crippen LogP contribution is 2.28. The maximum atomic E-state index is 13.5. The van der Waals surface area contributed by atoms with Crippen LogP contribution in [0.1, 0.15) is 42.9 Å². The molecule has 0 spiro atoms. The van der Waals surface area contributed by atoms with Gasteiger partial charge in [0, 0.05) is 18.5 Å². The number of carbonyl (C=O) groups excluding carboxylic acids is 3. The van der Waals surface area contributed by atoms with E-state index in [9.17, 15) is 19.5 Å². The van der Waals surface area contributed by atoms with Crippen LogP contribution >= 0.6 is 0 Å². The first kappa shape index (κ1) is 30.9. The molecule has 216 valence electrons. The molecule has 8 heteroatoms. The first-order chi connectivity index (χ1) is 19.8. The minimum Gasteiger partial charge on any atom is -0.504 e. The molecule has 0 aliphatic rings. The highest BCUT2D eigenvalue weighted by Gasteiger charge is 2.28. The van der Waals surface area contributed by atoms with Crippen LogP contribution in [0.4, 0.5) is 0 Å². The van der Waals surface area contributed by atoms with Crippen LogP contribution in [0, 0.1) is 0 Å². The van der Waals surface area contributed by atoms with Gasteiger partial charge in [-0.2, -0.15) is 0 Å². The summed E-state index contributed by atoms with van der Waals surface area (Å²) in [5.74, 6) is -0.858. The fraction of sp³-hybridized carbons (Fsp3) is 0.303. The first-order valence-electron chi connectivity index (χ1n) is 13.7. The van der Waals surface area contributed by atoms with Crippen LogP contribution < -0.4 is 20.1 Å². The molecule has 0 saturated heterocycles. The molecule has 1 unspecified atom stereocenters. The number of unbranched alkanes of at least 4 members (excludes halogenated alkanes) is 1. The van der Waals surface area contributed by atoms with Crippen molar-refractivity contribution >= 4 is 23.7 Å². The van der Waals surface area contributed by atoms with Gasteiger partial charge in [-0.25, -0.2) is 0 Å². The van der Waals surface area contributed by atoms with E-state index in [0.29, 0.717) is 24.0 Å². The van der Waals surface area contributed by atoms with Gasteiger partial charge >= 0.3 is 0 Å². The second kappa shape index (κ2) is 15.9. The number of aromatic hydroxyl groups is 1. The Morgan fingerprint density at radius 2 is 1.63 bits per heavy atom. The van der Waals surface area contributed by atoms with Gasteiger partial charge < -0.3 is 25.2 Å². The second-order valence-electron chi connectivity index (χ2n) is 9.64. The van der Waals surface area contributed by atoms with Gasteiger partial charge in [0.1, 0.15) is 11.8 Å². The summed E-state index contributed by atoms with van der Waals surface area (Å²) in [6.07, 6.45) is 4.53. The van der Waals surface area contributed by atoms with Gasteiger partial charge in [-0.15, -0.1) is 0 Å². The lowest BCUT2D eigenvalue weighted by Crippen LogP contribution is -2.49. The number of methoxy groups -OCH3 is 2. The van der Waals surface area contributed by atoms with Gasteiger partial charge in [-0.1, -0.05) is 61.9 Å². The molecule has 41 heavy (non-hydrogen) atoms. The first-order valence-corrected chi connectivity index (χ1v) is 13.7. The highest BCUT2D eigenvalue weighted by atomic mass is 16.5. The summed E-state index contributed by atoms with van der Waals surface area (Å²) in [7, 11) is 3.05. The zero-order valence-corrected chi connectivity index (χ0v) is 23.8. The van der Waals surface area contributed by atoms with Crippen molar-refractivity contribution in [2.24, 2.45) is 0 Å². The molecule has 1 atom stereocenters. The summed E-state index contributed by atoms with van der Waals surface area (Å²) < 4.78 is 10.4. The zero-order valence-electron chi connectivity index (χ0n) is 23.8. The Bertz CT molecular complexity index is 1340. The van der Waals surface area contributed by atoms with Crippen LogP contribution in [0.25, 0.3) is 6.08 Å². The Labute approximate surface area is 241 Å². The fourth-order valence-corrected chi connectivity index (χ4v) is 4.27. The van der Waals surface area contributed by atoms with Crippen LogP contribution in [0.15, 0.2) is 78.4 Å². The minimum atomic E-state index is -1.05. The number of carbonyl (C=O) groups is 3. The summed E-state index contributed by atoms with van der Waals surface area (Å²) in [6.45, 7) is 2.30. The SMILES string of the molecule is CCCC/C(=C\c1ccc(O)c(OC)c1)C(=O)NC(Cc1ccccc1)C(=O)C(=O)NCCc1ccc(OC)cc1. The molecule has 0 bridgehead atoms. The van der Waals surface area contributed by atoms with Crippen molar-refractivity contribution in [3.05, 3.63) is 95.1 Å². The van der Waals surface area contributed by atoms with Crippen molar-refractivity contribution in [2.45, 2.75) is 45.1 Å². The normalized spacial score (nSPS) is 11.8. The average molecular weight is 559 g/mol. The number of amides is 2. The minimum absolute atomic E-state index is 0.00395. The lowest BCUT2D eigenvalue weighted by atomic mass is 9.99. The highest BCUT2D eigenvalue weighted by molar-refractivity contribution is 6.38. The smallest absolute Gasteiger partial charge is 0.289 e. The van der Waals surface area contributed by atoms with Gasteiger partial charge in [0.05, 0.1) is 14.2 Å². The van der Waals surface area contributed by atoms with Crippen molar-refractivity contribution in [1.82, 2.24) is 10.6 Å². The Morgan fingerprint density at radius 1 is 0.902 bits per heavy atom. The van der Waals surface area contributed by atoms with Gasteiger partial charge in [0.15, 0.2) is 11.5 Å². The monoisotopic (exact) mass is 558 g/mol. The third-order valence-electron chi connectivity index (χ3n) is 6.62. The van der Waals surface area contributed by atoms with E-state index in [4.69, 9.17) is 9.47 Å². The average Bonchev–Trinajstić information content (AvgIpc) is 3.00. The van der Waals surface area contributed by atoms with Gasteiger partial charge in [-0.3, -0.25) is 14.4 Å². The number of benzene rings is 3. The number of nitrogens with one attached hydrogen (secondary N) is 2. The molecule has 2 amide bonds. The van der Waals surface area contributed by atoms with Crippen molar-refractivity contribution in [2.75, 3.05) is 20.8 Å². The molecule has 3 aromatic carbocycles. The van der Waals surface area contributed by atoms with E-state index in [1.165, 1.54) is 13.2 Å². The Hall–Kier alpha value is -4.59. The van der Waals surface area contributed by atoms with E-state index >= 15 is 0 Å². The van der Waals surface area contributed by atoms with E-state index in [-0.39, 0.29) is 24.5 Å². The summed E-state index contributed by atoms with van der Waals surface area (Å²) >= 11 is 0. The molecule has 0 heterocycles. The predicted octanol–water partition coefficient (Wildman–Crippen LogP) is 4.64. The molecule has 0 aromatic heterocycles. The number of ketones is 1. The molecule has 3 N–H and O–H groups in total. The maximum absolute atomic E-state index is 13.5. The van der Waals surface area contributed by atoms with Crippen molar-refractivity contribution in [3.63, 3.8) is 0 Å². The third-order valence-corrected chi connectivity index (χ3v) is 6.62. The summed E-state index contributed by atoms with van der Waals surface area (Å²) in [4.78, 5) is 39.7. The fourth-order valence-electron chi connectivity index (χ4n) is 4.27. The quantitative estimate of drug-likeness (QED) is 0.185. The number of hydrogen-bond donors (Lipinski definition) is 3. The number of rotatable bonds is 15. The molecular weight excluding hydrogens is 520 g/mol. The molecule has 0 aliphatic carbocycles. The maximum Gasteiger partial charge on any atom is 0.289 e. The van der Waals surface area contributed by atoms with E-state index < -0.39 is 23.6 Å². The molecule has 8 nitrogen and oxygen atoms in total. The largest absolute Gasteiger partial charge is 0.504 e. The number of phenolic OH excluding ortho intramolecular Hbond substituents is 1. The van der Waals surface area contributed by atoms with Crippen molar-refractivity contribution in [1.29, 1.82) is 0 Å². The molecule has 3 rings (SSSR count). The van der Waals surface area contributed by atoms with Crippen LogP contribution in [0.2, 0.25) is 0 Å². The second-order valence-corrected chi connectivity index (χ2v) is 9.64. The molecule has 0 saturated carbocycles. The van der Waals surface area contributed by atoms with Crippen LogP contribution in [0.3, 0.4) is 0 Å². The summed E-state index contributed by atoms with van der Waals surface area (Å²) in [5.41, 5.74) is 2.94. The van der Waals surface area contributed by atoms with Crippen LogP contribution in [0.5, 0.6) is 17.2 Å². The summed E-state index contributed by atoms with van der Waals surface area (Å²) in [5, 5.41) is 15.5. The zero-order chi connectivity index (χ0) is 29.6. The van der Waals surface area contributed by atoms with Crippen LogP contribution in [-0.2, 0) is 27.2 Å². The third kappa shape index (κ3) is 9.53. The van der Waals surface area contributed by atoms with Crippen molar-refractivity contribution in [3.8, 4) is 17.2 Å². The lowest BCUT2D eigenvalue weighted by Gasteiger charge is -2.19. The Morgan fingerprint density at radius 3 is 2.29 bits per heavy atom. The number of phenols is 1. The predicted molar refractivity (Wildman–Crippen MR) is 159 cm³/mol. The number of Topliss-reactive ketones (excluding diaryl/α,β-unsaturated/α-hetero) is 1. The molecule has 0 aliphatic heterocycles. The van der Waals surface area contributed by atoms with E-state index in [0.717, 1.165) is 29.7 Å². The Balaban J connectivity index is 1.76. The van der Waals surface area contributed by atoms with Crippen molar-refractivity contribution < 1.29 is 29.0 Å². The van der Waals surface area contributed by atoms with E-state index in [1.807, 2.05) is 61.5 Å². The lowest BCUT2D eigenvalue weighted by molar-refractivity contribution is -0.139. The van der Waals surface area contributed by atoms with Gasteiger partial charge in [0.2, 0.25) is 11.7 Å². The summed E-state index contributed by atoms with van der Waals surface area (Å²) in [6, 6.07) is 20.5. The van der Waals surface area contributed by atoms with Crippen LogP contribution in [-0.4, -0.2) is 49.5 Å². The standard InChI is InChI=1S/C33H38N2O6/c1-4-5-11-26(20-25-14-17-29(36)30(22-25)41-3)32(38)35-28(21-24-9-7-6-8-10-24)31(37)33(39)34-19-18-23-12-15-27(40-2)16-13-23/h6-10,12-17,20,22,28,36H,4-5,11,18-19,21H2,1-3H3,(H,34,39)(H,35,38)/b26-20+. The van der Waals surface area contributed by atoms with E-state index in [1.54, 1.807) is 25.3 Å². The molecule has 3 aromatic rings. The van der Waals surface area contributed by atoms with Gasteiger partial charge in [0.25, 0.3) is 5.91 Å².